The zero-order chi connectivity index (χ0) is 17.8. The normalized spacial score (nSPS) is 15.7. The van der Waals surface area contributed by atoms with Crippen LogP contribution in [0.5, 0.6) is 0 Å². The Bertz CT molecular complexity index is 870. The average Bonchev–Trinajstić information content (AvgIpc) is 3.40. The Kier molecular flexibility index (Phi) is 4.48. The molecule has 0 saturated heterocycles. The minimum atomic E-state index is -0.0675. The molecule has 2 aromatic carbocycles. The van der Waals surface area contributed by atoms with Gasteiger partial charge < -0.3 is 5.32 Å². The van der Waals surface area contributed by atoms with Gasteiger partial charge in [-0.25, -0.2) is 4.68 Å². The molecule has 0 unspecified atom stereocenters. The smallest absolute Gasteiger partial charge is 0.251 e. The second-order valence-electron chi connectivity index (χ2n) is 6.84. The highest BCUT2D eigenvalue weighted by Gasteiger charge is 2.35. The van der Waals surface area contributed by atoms with E-state index in [9.17, 15) is 4.79 Å². The Balaban J connectivity index is 1.51. The summed E-state index contributed by atoms with van der Waals surface area (Å²) in [5, 5.41) is 14.3. The van der Waals surface area contributed by atoms with Gasteiger partial charge in [-0.2, -0.15) is 0 Å². The number of carbonyl (C=O) groups excluding carboxylic acids is 1. The van der Waals surface area contributed by atoms with Gasteiger partial charge in [-0.1, -0.05) is 49.2 Å². The van der Waals surface area contributed by atoms with Crippen molar-refractivity contribution in [2.75, 3.05) is 6.54 Å². The van der Waals surface area contributed by atoms with Crippen LogP contribution in [0.25, 0.3) is 5.69 Å². The molecule has 1 amide bonds. The Hall–Kier alpha value is -3.02. The summed E-state index contributed by atoms with van der Waals surface area (Å²) >= 11 is 0. The molecule has 3 aromatic rings. The molecule has 0 bridgehead atoms. The third kappa shape index (κ3) is 3.22. The van der Waals surface area contributed by atoms with Gasteiger partial charge in [0.1, 0.15) is 6.33 Å². The van der Waals surface area contributed by atoms with Crippen molar-refractivity contribution in [1.29, 1.82) is 0 Å². The third-order valence-corrected chi connectivity index (χ3v) is 5.26. The van der Waals surface area contributed by atoms with Crippen LogP contribution in [0.3, 0.4) is 0 Å². The van der Waals surface area contributed by atoms with Gasteiger partial charge in [-0.05, 0) is 47.0 Å². The second kappa shape index (κ2) is 7.07. The van der Waals surface area contributed by atoms with E-state index in [1.807, 2.05) is 24.3 Å². The number of tetrazole rings is 1. The molecular formula is C20H21N5O. The number of benzene rings is 2. The van der Waals surface area contributed by atoms with Crippen LogP contribution in [0.2, 0.25) is 0 Å². The van der Waals surface area contributed by atoms with Crippen molar-refractivity contribution >= 4 is 5.91 Å². The maximum Gasteiger partial charge on any atom is 0.251 e. The van der Waals surface area contributed by atoms with Crippen LogP contribution < -0.4 is 5.32 Å². The van der Waals surface area contributed by atoms with Gasteiger partial charge in [0.05, 0.1) is 5.69 Å². The van der Waals surface area contributed by atoms with Crippen molar-refractivity contribution in [3.05, 3.63) is 72.1 Å². The molecule has 1 aliphatic rings. The van der Waals surface area contributed by atoms with Gasteiger partial charge in [0.2, 0.25) is 0 Å². The number of aromatic nitrogens is 4. The summed E-state index contributed by atoms with van der Waals surface area (Å²) < 4.78 is 1.54. The van der Waals surface area contributed by atoms with Crippen LogP contribution >= 0.6 is 0 Å². The van der Waals surface area contributed by atoms with Crippen LogP contribution in [0.1, 0.15) is 41.6 Å². The first kappa shape index (κ1) is 16.4. The van der Waals surface area contributed by atoms with Gasteiger partial charge in [0.15, 0.2) is 0 Å². The maximum atomic E-state index is 12.7. The number of nitrogens with zero attached hydrogens (tertiary/aromatic N) is 4. The van der Waals surface area contributed by atoms with Gasteiger partial charge in [-0.15, -0.1) is 5.10 Å². The van der Waals surface area contributed by atoms with Crippen LogP contribution in [-0.2, 0) is 5.41 Å². The second-order valence-corrected chi connectivity index (χ2v) is 6.84. The number of rotatable bonds is 5. The molecule has 6 nitrogen and oxygen atoms in total. The maximum absolute atomic E-state index is 12.7. The summed E-state index contributed by atoms with van der Waals surface area (Å²) in [5.41, 5.74) is 2.74. The molecule has 0 radical (unpaired) electrons. The monoisotopic (exact) mass is 347 g/mol. The molecule has 1 heterocycles. The summed E-state index contributed by atoms with van der Waals surface area (Å²) in [4.78, 5) is 12.7. The lowest BCUT2D eigenvalue weighted by atomic mass is 9.79. The lowest BCUT2D eigenvalue weighted by molar-refractivity contribution is 0.0943. The fourth-order valence-electron chi connectivity index (χ4n) is 3.83. The lowest BCUT2D eigenvalue weighted by Gasteiger charge is -2.30. The molecule has 1 N–H and O–H groups in total. The summed E-state index contributed by atoms with van der Waals surface area (Å²) in [6.45, 7) is 0.658. The van der Waals surface area contributed by atoms with E-state index < -0.39 is 0 Å². The first-order valence-electron chi connectivity index (χ1n) is 8.94. The topological polar surface area (TPSA) is 72.7 Å². The predicted octanol–water partition coefficient (Wildman–Crippen LogP) is 2.90. The third-order valence-electron chi connectivity index (χ3n) is 5.26. The standard InChI is InChI=1S/C20H21N5O/c26-19(16-7-6-10-18(13-16)25-15-22-23-24-25)21-14-20(11-4-5-12-20)17-8-2-1-3-9-17/h1-3,6-10,13,15H,4-5,11-12,14H2,(H,21,26). The molecule has 26 heavy (non-hydrogen) atoms. The zero-order valence-corrected chi connectivity index (χ0v) is 14.5. The van der Waals surface area contributed by atoms with Gasteiger partial charge in [0.25, 0.3) is 5.91 Å². The molecule has 0 atom stereocenters. The number of carbonyl (C=O) groups is 1. The van der Waals surface area contributed by atoms with E-state index in [2.05, 4.69) is 45.1 Å². The van der Waals surface area contributed by atoms with Crippen molar-refractivity contribution in [3.8, 4) is 5.69 Å². The number of hydrogen-bond donors (Lipinski definition) is 1. The highest BCUT2D eigenvalue weighted by molar-refractivity contribution is 5.94. The molecule has 0 spiro atoms. The summed E-state index contributed by atoms with van der Waals surface area (Å²) in [5.74, 6) is -0.0675. The first-order valence-corrected chi connectivity index (χ1v) is 8.94. The van der Waals surface area contributed by atoms with E-state index in [0.29, 0.717) is 12.1 Å². The van der Waals surface area contributed by atoms with Crippen LogP contribution in [0.15, 0.2) is 60.9 Å². The molecular weight excluding hydrogens is 326 g/mol. The molecule has 6 heteroatoms. The minimum absolute atomic E-state index is 0.0460. The number of hydrogen-bond acceptors (Lipinski definition) is 4. The Morgan fingerprint density at radius 2 is 1.88 bits per heavy atom. The predicted molar refractivity (Wildman–Crippen MR) is 98.1 cm³/mol. The van der Waals surface area contributed by atoms with Crippen LogP contribution in [0.4, 0.5) is 0 Å². The van der Waals surface area contributed by atoms with E-state index in [4.69, 9.17) is 0 Å². The Morgan fingerprint density at radius 3 is 2.62 bits per heavy atom. The first-order chi connectivity index (χ1) is 12.8. The fourth-order valence-corrected chi connectivity index (χ4v) is 3.83. The van der Waals surface area contributed by atoms with Crippen molar-refractivity contribution in [1.82, 2.24) is 25.5 Å². The molecule has 132 valence electrons. The molecule has 4 rings (SSSR count). The van der Waals surface area contributed by atoms with Crippen molar-refractivity contribution < 1.29 is 4.79 Å². The molecule has 1 saturated carbocycles. The van der Waals surface area contributed by atoms with Gasteiger partial charge in [0, 0.05) is 17.5 Å². The van der Waals surface area contributed by atoms with Gasteiger partial charge in [-0.3, -0.25) is 4.79 Å². The average molecular weight is 347 g/mol. The molecule has 1 aromatic heterocycles. The number of amides is 1. The van der Waals surface area contributed by atoms with Crippen LogP contribution in [0, 0.1) is 0 Å². The highest BCUT2D eigenvalue weighted by atomic mass is 16.1. The van der Waals surface area contributed by atoms with E-state index in [1.165, 1.54) is 24.7 Å². The molecule has 1 aliphatic carbocycles. The fraction of sp³-hybridized carbons (Fsp3) is 0.300. The largest absolute Gasteiger partial charge is 0.351 e. The lowest BCUT2D eigenvalue weighted by Crippen LogP contribution is -2.39. The quantitative estimate of drug-likeness (QED) is 0.770. The zero-order valence-electron chi connectivity index (χ0n) is 14.5. The summed E-state index contributed by atoms with van der Waals surface area (Å²) in [6, 6.07) is 17.9. The Morgan fingerprint density at radius 1 is 1.08 bits per heavy atom. The van der Waals surface area contributed by atoms with E-state index in [-0.39, 0.29) is 11.3 Å². The summed E-state index contributed by atoms with van der Waals surface area (Å²) in [6.07, 6.45) is 6.16. The van der Waals surface area contributed by atoms with Crippen molar-refractivity contribution in [2.24, 2.45) is 0 Å². The van der Waals surface area contributed by atoms with Gasteiger partial charge >= 0.3 is 0 Å². The van der Waals surface area contributed by atoms with Crippen molar-refractivity contribution in [3.63, 3.8) is 0 Å². The van der Waals surface area contributed by atoms with E-state index in [1.54, 1.807) is 10.7 Å². The van der Waals surface area contributed by atoms with E-state index in [0.717, 1.165) is 18.5 Å². The molecule has 0 aliphatic heterocycles. The summed E-state index contributed by atoms with van der Waals surface area (Å²) in [7, 11) is 0. The SMILES string of the molecule is O=C(NCC1(c2ccccc2)CCCC1)c1cccc(-n2cnnn2)c1. The van der Waals surface area contributed by atoms with Crippen molar-refractivity contribution in [2.45, 2.75) is 31.1 Å². The van der Waals surface area contributed by atoms with Crippen LogP contribution in [-0.4, -0.2) is 32.7 Å². The van der Waals surface area contributed by atoms with E-state index >= 15 is 0 Å². The minimum Gasteiger partial charge on any atom is -0.351 e. The Labute approximate surface area is 152 Å². The number of nitrogens with one attached hydrogen (secondary N) is 1. The molecule has 1 fully saturated rings. The highest BCUT2D eigenvalue weighted by Crippen LogP contribution is 2.40.